The first-order chi connectivity index (χ1) is 14.9. The Kier molecular flexibility index (Phi) is 5.01. The van der Waals surface area contributed by atoms with Crippen molar-refractivity contribution in [2.75, 3.05) is 13.1 Å². The molecule has 31 heavy (non-hydrogen) atoms. The number of rotatable bonds is 3. The van der Waals surface area contributed by atoms with Crippen LogP contribution in [0, 0.1) is 5.82 Å². The number of carbonyl (C=O) groups excluding carboxylic acids is 1. The van der Waals surface area contributed by atoms with Gasteiger partial charge in [0.2, 0.25) is 10.0 Å². The summed E-state index contributed by atoms with van der Waals surface area (Å²) >= 11 is 0. The number of sulfonamides is 1. The largest absolute Gasteiger partial charge is 0.335 e. The third-order valence-corrected chi connectivity index (χ3v) is 8.86. The Balaban J connectivity index is 1.48. The van der Waals surface area contributed by atoms with E-state index in [0.29, 0.717) is 30.0 Å². The maximum absolute atomic E-state index is 13.5. The van der Waals surface area contributed by atoms with Gasteiger partial charge in [-0.15, -0.1) is 0 Å². The summed E-state index contributed by atoms with van der Waals surface area (Å²) in [6.07, 6.45) is 4.79. The zero-order valence-electron chi connectivity index (χ0n) is 17.3. The van der Waals surface area contributed by atoms with E-state index in [-0.39, 0.29) is 24.4 Å². The molecule has 1 aliphatic carbocycles. The fraction of sp³-hybridized carbons (Fsp3) is 0.435. The Morgan fingerprint density at radius 2 is 1.81 bits per heavy atom. The van der Waals surface area contributed by atoms with Gasteiger partial charge in [-0.3, -0.25) is 0 Å². The lowest BCUT2D eigenvalue weighted by atomic mass is 9.88. The normalized spacial score (nSPS) is 25.3. The number of fused-ring (bicyclic) bond motifs is 2. The molecule has 0 radical (unpaired) electrons. The van der Waals surface area contributed by atoms with Crippen molar-refractivity contribution in [2.45, 2.75) is 55.1 Å². The van der Waals surface area contributed by atoms with E-state index in [1.165, 1.54) is 16.4 Å². The van der Waals surface area contributed by atoms with Gasteiger partial charge in [0, 0.05) is 25.7 Å². The summed E-state index contributed by atoms with van der Waals surface area (Å²) < 4.78 is 41.9. The summed E-state index contributed by atoms with van der Waals surface area (Å²) in [7, 11) is -3.74. The van der Waals surface area contributed by atoms with Crippen LogP contribution < -0.4 is 5.32 Å². The van der Waals surface area contributed by atoms with Crippen LogP contribution in [0.15, 0.2) is 53.4 Å². The minimum Gasteiger partial charge on any atom is -0.335 e. The van der Waals surface area contributed by atoms with Gasteiger partial charge in [0.05, 0.1) is 10.4 Å². The van der Waals surface area contributed by atoms with Gasteiger partial charge in [0.15, 0.2) is 0 Å². The summed E-state index contributed by atoms with van der Waals surface area (Å²) in [6.45, 7) is 0.931. The van der Waals surface area contributed by atoms with Crippen LogP contribution in [0.2, 0.25) is 0 Å². The second kappa shape index (κ2) is 7.60. The molecule has 3 aliphatic rings. The minimum atomic E-state index is -3.74. The number of amides is 2. The van der Waals surface area contributed by atoms with Gasteiger partial charge in [-0.25, -0.2) is 17.6 Å². The van der Waals surface area contributed by atoms with E-state index in [1.807, 2.05) is 12.1 Å². The molecule has 2 aliphatic heterocycles. The monoisotopic (exact) mass is 443 g/mol. The molecule has 1 unspecified atom stereocenters. The topological polar surface area (TPSA) is 69.7 Å². The zero-order valence-corrected chi connectivity index (χ0v) is 18.1. The van der Waals surface area contributed by atoms with Crippen molar-refractivity contribution in [1.82, 2.24) is 14.5 Å². The van der Waals surface area contributed by atoms with E-state index < -0.39 is 15.6 Å². The molecule has 1 saturated carbocycles. The van der Waals surface area contributed by atoms with Crippen molar-refractivity contribution in [3.8, 4) is 0 Å². The molecule has 2 heterocycles. The molecule has 6 nitrogen and oxygen atoms in total. The Morgan fingerprint density at radius 3 is 2.55 bits per heavy atom. The van der Waals surface area contributed by atoms with Crippen LogP contribution in [0.5, 0.6) is 0 Å². The van der Waals surface area contributed by atoms with Crippen LogP contribution in [0.1, 0.15) is 43.2 Å². The predicted molar refractivity (Wildman–Crippen MR) is 114 cm³/mol. The molecule has 164 valence electrons. The standard InChI is InChI=1S/C23H26FN3O3S/c24-18-11-9-17(10-12-18)15-27-23(20-7-3-4-8-21(20)31(27,29)30)13-14-26(16-23)22(28)25-19-5-1-2-6-19/h3-4,7-12,19H,1-2,5-6,13-16H2,(H,25,28). The van der Waals surface area contributed by atoms with Gasteiger partial charge in [-0.2, -0.15) is 4.31 Å². The number of carbonyl (C=O) groups is 1. The van der Waals surface area contributed by atoms with Gasteiger partial charge in [0.1, 0.15) is 5.82 Å². The maximum Gasteiger partial charge on any atom is 0.317 e. The Labute approximate surface area is 182 Å². The molecule has 1 spiro atoms. The molecule has 1 saturated heterocycles. The van der Waals surface area contributed by atoms with Gasteiger partial charge < -0.3 is 10.2 Å². The second-order valence-electron chi connectivity index (χ2n) is 8.77. The molecule has 2 fully saturated rings. The lowest BCUT2D eigenvalue weighted by Crippen LogP contribution is -2.48. The van der Waals surface area contributed by atoms with Gasteiger partial charge in [-0.1, -0.05) is 43.2 Å². The molecule has 2 aromatic rings. The van der Waals surface area contributed by atoms with Crippen molar-refractivity contribution in [3.05, 3.63) is 65.5 Å². The molecule has 2 amide bonds. The highest BCUT2D eigenvalue weighted by Gasteiger charge is 2.57. The second-order valence-corrected chi connectivity index (χ2v) is 10.6. The number of nitrogens with zero attached hydrogens (tertiary/aromatic N) is 2. The summed E-state index contributed by atoms with van der Waals surface area (Å²) in [5, 5.41) is 3.12. The van der Waals surface area contributed by atoms with E-state index in [4.69, 9.17) is 0 Å². The molecule has 0 bridgehead atoms. The first kappa shape index (κ1) is 20.5. The van der Waals surface area contributed by atoms with Crippen LogP contribution in [-0.2, 0) is 22.1 Å². The number of benzene rings is 2. The summed E-state index contributed by atoms with van der Waals surface area (Å²) in [4.78, 5) is 15.0. The average Bonchev–Trinajstić information content (AvgIpc) is 3.47. The van der Waals surface area contributed by atoms with Crippen molar-refractivity contribution in [3.63, 3.8) is 0 Å². The van der Waals surface area contributed by atoms with E-state index in [9.17, 15) is 17.6 Å². The zero-order chi connectivity index (χ0) is 21.6. The molecule has 1 N–H and O–H groups in total. The number of nitrogens with one attached hydrogen (secondary N) is 1. The number of urea groups is 1. The lowest BCUT2D eigenvalue weighted by Gasteiger charge is -2.34. The predicted octanol–water partition coefficient (Wildman–Crippen LogP) is 3.58. The van der Waals surface area contributed by atoms with E-state index in [1.54, 1.807) is 29.2 Å². The van der Waals surface area contributed by atoms with Gasteiger partial charge in [0.25, 0.3) is 0 Å². The summed E-state index contributed by atoms with van der Waals surface area (Å²) in [6, 6.07) is 13.1. The molecular weight excluding hydrogens is 417 g/mol. The number of hydrogen-bond acceptors (Lipinski definition) is 3. The van der Waals surface area contributed by atoms with E-state index >= 15 is 0 Å². The minimum absolute atomic E-state index is 0.118. The molecule has 2 aromatic carbocycles. The van der Waals surface area contributed by atoms with Gasteiger partial charge in [-0.05, 0) is 48.6 Å². The van der Waals surface area contributed by atoms with Crippen LogP contribution >= 0.6 is 0 Å². The number of hydrogen-bond donors (Lipinski definition) is 1. The number of halogens is 1. The fourth-order valence-electron chi connectivity index (χ4n) is 5.28. The fourth-order valence-corrected chi connectivity index (χ4v) is 7.33. The highest BCUT2D eigenvalue weighted by molar-refractivity contribution is 7.89. The van der Waals surface area contributed by atoms with Crippen molar-refractivity contribution < 1.29 is 17.6 Å². The molecule has 1 atom stereocenters. The van der Waals surface area contributed by atoms with Crippen molar-refractivity contribution in [2.24, 2.45) is 0 Å². The van der Waals surface area contributed by atoms with Crippen molar-refractivity contribution >= 4 is 16.1 Å². The first-order valence-electron chi connectivity index (χ1n) is 10.8. The quantitative estimate of drug-likeness (QED) is 0.788. The maximum atomic E-state index is 13.5. The van der Waals surface area contributed by atoms with Crippen LogP contribution in [0.3, 0.4) is 0 Å². The van der Waals surface area contributed by atoms with Crippen LogP contribution in [0.4, 0.5) is 9.18 Å². The SMILES string of the molecule is O=C(NC1CCCC1)N1CCC2(C1)c1ccccc1S(=O)(=O)N2Cc1ccc(F)cc1. The van der Waals surface area contributed by atoms with Gasteiger partial charge >= 0.3 is 6.03 Å². The third kappa shape index (κ3) is 3.42. The average molecular weight is 444 g/mol. The highest BCUT2D eigenvalue weighted by Crippen LogP contribution is 2.50. The summed E-state index contributed by atoms with van der Waals surface area (Å²) in [5.41, 5.74) is 0.649. The molecule has 0 aromatic heterocycles. The third-order valence-electron chi connectivity index (χ3n) is 6.89. The molecule has 8 heteroatoms. The Hall–Kier alpha value is -2.45. The summed E-state index contributed by atoms with van der Waals surface area (Å²) in [5.74, 6) is -0.360. The Morgan fingerprint density at radius 1 is 1.10 bits per heavy atom. The van der Waals surface area contributed by atoms with E-state index in [2.05, 4.69) is 5.32 Å². The van der Waals surface area contributed by atoms with Crippen LogP contribution in [-0.4, -0.2) is 42.8 Å². The Bertz CT molecular complexity index is 1100. The molecule has 5 rings (SSSR count). The number of likely N-dealkylation sites (tertiary alicyclic amines) is 1. The van der Waals surface area contributed by atoms with E-state index in [0.717, 1.165) is 31.2 Å². The van der Waals surface area contributed by atoms with Crippen molar-refractivity contribution in [1.29, 1.82) is 0 Å². The first-order valence-corrected chi connectivity index (χ1v) is 12.3. The highest BCUT2D eigenvalue weighted by atomic mass is 32.2. The smallest absolute Gasteiger partial charge is 0.317 e. The lowest BCUT2D eigenvalue weighted by molar-refractivity contribution is 0.176. The van der Waals surface area contributed by atoms with Crippen LogP contribution in [0.25, 0.3) is 0 Å². The molecular formula is C23H26FN3O3S.